The molecular weight excluding hydrogens is 402 g/mol. The first-order valence-corrected chi connectivity index (χ1v) is 9.81. The standard InChI is InChI=1S/C22H18BrN3O/c23-17-3-4-20-18(12-17)19(13-25-20)14-6-9-26(10-7-14)22(27)16-2-1-15-5-8-24-21(15)11-16/h1-6,8,11-13,24-25H,7,9-10H2. The summed E-state index contributed by atoms with van der Waals surface area (Å²) in [6.07, 6.45) is 7.00. The van der Waals surface area contributed by atoms with Crippen molar-refractivity contribution in [2.75, 3.05) is 13.1 Å². The van der Waals surface area contributed by atoms with Crippen molar-refractivity contribution in [3.05, 3.63) is 76.5 Å². The molecule has 2 aromatic heterocycles. The van der Waals surface area contributed by atoms with Crippen molar-refractivity contribution < 1.29 is 4.79 Å². The SMILES string of the molecule is O=C(c1ccc2cc[nH]c2c1)N1CC=C(c2c[nH]c3ccc(Br)cc23)CC1. The number of rotatable bonds is 2. The Balaban J connectivity index is 1.40. The van der Waals surface area contributed by atoms with Crippen LogP contribution in [0.3, 0.4) is 0 Å². The summed E-state index contributed by atoms with van der Waals surface area (Å²) in [5.41, 5.74) is 5.39. The summed E-state index contributed by atoms with van der Waals surface area (Å²) >= 11 is 3.56. The first kappa shape index (κ1) is 16.4. The normalized spacial score (nSPS) is 14.7. The van der Waals surface area contributed by atoms with Gasteiger partial charge >= 0.3 is 0 Å². The van der Waals surface area contributed by atoms with Gasteiger partial charge in [0.15, 0.2) is 0 Å². The van der Waals surface area contributed by atoms with Crippen LogP contribution in [-0.2, 0) is 0 Å². The Morgan fingerprint density at radius 1 is 1.04 bits per heavy atom. The molecule has 4 aromatic rings. The number of amides is 1. The summed E-state index contributed by atoms with van der Waals surface area (Å²) in [5, 5.41) is 2.34. The molecule has 27 heavy (non-hydrogen) atoms. The number of nitrogens with one attached hydrogen (secondary N) is 2. The lowest BCUT2D eigenvalue weighted by Gasteiger charge is -2.26. The number of nitrogens with zero attached hydrogens (tertiary/aromatic N) is 1. The zero-order valence-corrected chi connectivity index (χ0v) is 16.2. The number of halogens is 1. The molecule has 0 aliphatic carbocycles. The molecule has 4 nitrogen and oxygen atoms in total. The Kier molecular flexibility index (Phi) is 3.90. The van der Waals surface area contributed by atoms with E-state index in [2.05, 4.69) is 50.3 Å². The van der Waals surface area contributed by atoms with Crippen molar-refractivity contribution in [1.29, 1.82) is 0 Å². The minimum Gasteiger partial charge on any atom is -0.361 e. The lowest BCUT2D eigenvalue weighted by atomic mass is 9.98. The number of benzene rings is 2. The minimum atomic E-state index is 0.0865. The lowest BCUT2D eigenvalue weighted by Crippen LogP contribution is -2.34. The average Bonchev–Trinajstić information content (AvgIpc) is 3.33. The molecule has 5 rings (SSSR count). The quantitative estimate of drug-likeness (QED) is 0.452. The minimum absolute atomic E-state index is 0.0865. The third kappa shape index (κ3) is 2.88. The monoisotopic (exact) mass is 419 g/mol. The van der Waals surface area contributed by atoms with Crippen molar-refractivity contribution in [2.24, 2.45) is 0 Å². The van der Waals surface area contributed by atoms with Gasteiger partial charge < -0.3 is 14.9 Å². The maximum absolute atomic E-state index is 12.9. The van der Waals surface area contributed by atoms with Crippen LogP contribution >= 0.6 is 15.9 Å². The average molecular weight is 420 g/mol. The molecule has 0 saturated carbocycles. The number of hydrogen-bond acceptors (Lipinski definition) is 1. The van der Waals surface area contributed by atoms with Crippen LogP contribution in [0.25, 0.3) is 27.4 Å². The summed E-state index contributed by atoms with van der Waals surface area (Å²) in [6.45, 7) is 1.37. The van der Waals surface area contributed by atoms with Crippen LogP contribution in [0, 0.1) is 0 Å². The number of hydrogen-bond donors (Lipinski definition) is 2. The highest BCUT2D eigenvalue weighted by atomic mass is 79.9. The van der Waals surface area contributed by atoms with Gasteiger partial charge in [-0.15, -0.1) is 0 Å². The van der Waals surface area contributed by atoms with Crippen molar-refractivity contribution in [2.45, 2.75) is 6.42 Å². The van der Waals surface area contributed by atoms with Crippen LogP contribution in [0.2, 0.25) is 0 Å². The van der Waals surface area contributed by atoms with Gasteiger partial charge in [0, 0.05) is 57.5 Å². The Hall–Kier alpha value is -2.79. The molecule has 0 unspecified atom stereocenters. The maximum Gasteiger partial charge on any atom is 0.254 e. The Morgan fingerprint density at radius 2 is 1.96 bits per heavy atom. The first-order chi connectivity index (χ1) is 13.2. The first-order valence-electron chi connectivity index (χ1n) is 9.01. The molecule has 0 atom stereocenters. The fourth-order valence-electron chi connectivity index (χ4n) is 3.82. The molecule has 134 valence electrons. The molecule has 2 aromatic carbocycles. The number of carbonyl (C=O) groups excluding carboxylic acids is 1. The fraction of sp³-hybridized carbons (Fsp3) is 0.136. The van der Waals surface area contributed by atoms with Crippen LogP contribution in [0.4, 0.5) is 0 Å². The highest BCUT2D eigenvalue weighted by Crippen LogP contribution is 2.31. The van der Waals surface area contributed by atoms with Gasteiger partial charge in [0.1, 0.15) is 0 Å². The van der Waals surface area contributed by atoms with Crippen molar-refractivity contribution in [3.8, 4) is 0 Å². The third-order valence-corrected chi connectivity index (χ3v) is 5.78. The van der Waals surface area contributed by atoms with Gasteiger partial charge in [0.25, 0.3) is 5.91 Å². The van der Waals surface area contributed by atoms with Gasteiger partial charge in [-0.05, 0) is 53.8 Å². The Morgan fingerprint density at radius 3 is 2.81 bits per heavy atom. The van der Waals surface area contributed by atoms with Gasteiger partial charge in [-0.1, -0.05) is 28.1 Å². The molecule has 1 aliphatic heterocycles. The molecule has 0 radical (unpaired) electrons. The number of aromatic nitrogens is 2. The van der Waals surface area contributed by atoms with Crippen LogP contribution in [0.1, 0.15) is 22.3 Å². The van der Waals surface area contributed by atoms with Gasteiger partial charge in [-0.3, -0.25) is 4.79 Å². The molecule has 1 amide bonds. The highest BCUT2D eigenvalue weighted by Gasteiger charge is 2.21. The summed E-state index contributed by atoms with van der Waals surface area (Å²) in [6, 6.07) is 14.1. The molecule has 0 fully saturated rings. The van der Waals surface area contributed by atoms with E-state index in [-0.39, 0.29) is 5.91 Å². The van der Waals surface area contributed by atoms with Crippen LogP contribution in [0.15, 0.2) is 65.4 Å². The highest BCUT2D eigenvalue weighted by molar-refractivity contribution is 9.10. The van der Waals surface area contributed by atoms with Crippen molar-refractivity contribution >= 4 is 49.2 Å². The van der Waals surface area contributed by atoms with Gasteiger partial charge in [-0.25, -0.2) is 0 Å². The van der Waals surface area contributed by atoms with Crippen LogP contribution in [-0.4, -0.2) is 33.9 Å². The second-order valence-corrected chi connectivity index (χ2v) is 7.82. The predicted molar refractivity (Wildman–Crippen MR) is 113 cm³/mol. The van der Waals surface area contributed by atoms with Gasteiger partial charge in [-0.2, -0.15) is 0 Å². The van der Waals surface area contributed by atoms with Crippen molar-refractivity contribution in [1.82, 2.24) is 14.9 Å². The molecule has 0 saturated heterocycles. The Labute approximate surface area is 165 Å². The van der Waals surface area contributed by atoms with Crippen molar-refractivity contribution in [3.63, 3.8) is 0 Å². The third-order valence-electron chi connectivity index (χ3n) is 5.29. The fourth-order valence-corrected chi connectivity index (χ4v) is 4.18. The summed E-state index contributed by atoms with van der Waals surface area (Å²) < 4.78 is 1.07. The molecule has 0 bridgehead atoms. The number of aromatic amines is 2. The molecule has 2 N–H and O–H groups in total. The van der Waals surface area contributed by atoms with E-state index >= 15 is 0 Å². The predicted octanol–water partition coefficient (Wildman–Crippen LogP) is 5.34. The summed E-state index contributed by atoms with van der Waals surface area (Å²) in [4.78, 5) is 21.3. The smallest absolute Gasteiger partial charge is 0.254 e. The second kappa shape index (κ2) is 6.43. The zero-order chi connectivity index (χ0) is 18.4. The molecule has 0 spiro atoms. The van der Waals surface area contributed by atoms with E-state index in [0.717, 1.165) is 39.4 Å². The topological polar surface area (TPSA) is 51.9 Å². The molecule has 3 heterocycles. The Bertz CT molecular complexity index is 1200. The van der Waals surface area contributed by atoms with E-state index in [9.17, 15) is 4.79 Å². The van der Waals surface area contributed by atoms with E-state index in [0.29, 0.717) is 6.54 Å². The zero-order valence-electron chi connectivity index (χ0n) is 14.6. The number of carbonyl (C=O) groups is 1. The lowest BCUT2D eigenvalue weighted by molar-refractivity contribution is 0.0773. The largest absolute Gasteiger partial charge is 0.361 e. The number of fused-ring (bicyclic) bond motifs is 2. The van der Waals surface area contributed by atoms with E-state index in [1.165, 1.54) is 16.5 Å². The molecule has 5 heteroatoms. The van der Waals surface area contributed by atoms with Gasteiger partial charge in [0.2, 0.25) is 0 Å². The van der Waals surface area contributed by atoms with E-state index < -0.39 is 0 Å². The van der Waals surface area contributed by atoms with E-state index in [4.69, 9.17) is 0 Å². The van der Waals surface area contributed by atoms with E-state index in [1.807, 2.05) is 41.4 Å². The summed E-state index contributed by atoms with van der Waals surface area (Å²) in [7, 11) is 0. The molecular formula is C22H18BrN3O. The van der Waals surface area contributed by atoms with Gasteiger partial charge in [0.05, 0.1) is 0 Å². The number of H-pyrrole nitrogens is 2. The molecule has 1 aliphatic rings. The maximum atomic E-state index is 12.9. The van der Waals surface area contributed by atoms with Crippen LogP contribution in [0.5, 0.6) is 0 Å². The van der Waals surface area contributed by atoms with E-state index in [1.54, 1.807) is 0 Å². The van der Waals surface area contributed by atoms with Crippen LogP contribution < -0.4 is 0 Å². The second-order valence-electron chi connectivity index (χ2n) is 6.90. The summed E-state index contributed by atoms with van der Waals surface area (Å²) in [5.74, 6) is 0.0865.